The van der Waals surface area contributed by atoms with Gasteiger partial charge in [0.1, 0.15) is 11.6 Å². The van der Waals surface area contributed by atoms with Gasteiger partial charge in [-0.25, -0.2) is 9.37 Å². The molecule has 3 aromatic rings. The van der Waals surface area contributed by atoms with Crippen LogP contribution in [0.5, 0.6) is 5.75 Å². The summed E-state index contributed by atoms with van der Waals surface area (Å²) in [5, 5.41) is 1.53. The van der Waals surface area contributed by atoms with Crippen molar-refractivity contribution in [2.45, 2.75) is 18.0 Å². The van der Waals surface area contributed by atoms with E-state index in [2.05, 4.69) is 16.9 Å². The van der Waals surface area contributed by atoms with Crippen LogP contribution >= 0.6 is 23.4 Å². The van der Waals surface area contributed by atoms with Crippen molar-refractivity contribution in [3.8, 4) is 22.7 Å². The molecule has 30 heavy (non-hydrogen) atoms. The Balaban J connectivity index is 1.65. The zero-order valence-electron chi connectivity index (χ0n) is 17.1. The third kappa shape index (κ3) is 4.99. The van der Waals surface area contributed by atoms with Crippen LogP contribution in [0.4, 0.5) is 4.39 Å². The smallest absolute Gasteiger partial charge is 0.173 e. The number of methoxy groups -OCH3 is 1. The molecule has 1 aliphatic rings. The minimum absolute atomic E-state index is 0.314. The number of imidazole rings is 1. The standard InChI is InChI=1S/C23H25ClFN3OS/c1-27(15-16-3-4-16)11-12-30-23-26-14-21(20-13-18(25)7-10-22(20)29-2)28(23)19-8-5-17(24)6-9-19/h5-10,13-14,16H,3-4,11-12,15H2,1-2H3. The molecule has 1 aromatic heterocycles. The number of thioether (sulfide) groups is 1. The summed E-state index contributed by atoms with van der Waals surface area (Å²) in [6.45, 7) is 2.16. The number of hydrogen-bond acceptors (Lipinski definition) is 4. The van der Waals surface area contributed by atoms with E-state index in [1.807, 2.05) is 28.8 Å². The van der Waals surface area contributed by atoms with E-state index in [-0.39, 0.29) is 5.82 Å². The van der Waals surface area contributed by atoms with Gasteiger partial charge >= 0.3 is 0 Å². The van der Waals surface area contributed by atoms with Gasteiger partial charge in [-0.2, -0.15) is 0 Å². The Morgan fingerprint density at radius 3 is 2.70 bits per heavy atom. The summed E-state index contributed by atoms with van der Waals surface area (Å²) in [4.78, 5) is 7.05. The molecule has 0 radical (unpaired) electrons. The van der Waals surface area contributed by atoms with E-state index in [4.69, 9.17) is 16.3 Å². The van der Waals surface area contributed by atoms with Crippen LogP contribution in [0.15, 0.2) is 53.8 Å². The first kappa shape index (κ1) is 21.2. The van der Waals surface area contributed by atoms with Crippen molar-refractivity contribution in [3.05, 3.63) is 59.5 Å². The van der Waals surface area contributed by atoms with Crippen LogP contribution in [-0.2, 0) is 0 Å². The predicted octanol–water partition coefficient (Wildman–Crippen LogP) is 5.77. The molecule has 1 aliphatic carbocycles. The van der Waals surface area contributed by atoms with Crippen LogP contribution in [-0.4, -0.2) is 47.5 Å². The average Bonchev–Trinajstić information content (AvgIpc) is 3.45. The first-order valence-electron chi connectivity index (χ1n) is 10.0. The highest BCUT2D eigenvalue weighted by atomic mass is 35.5. The maximum atomic E-state index is 14.1. The lowest BCUT2D eigenvalue weighted by Crippen LogP contribution is -2.23. The lowest BCUT2D eigenvalue weighted by atomic mass is 10.1. The van der Waals surface area contributed by atoms with Crippen molar-refractivity contribution in [1.82, 2.24) is 14.5 Å². The van der Waals surface area contributed by atoms with Gasteiger partial charge in [-0.15, -0.1) is 0 Å². The van der Waals surface area contributed by atoms with E-state index in [9.17, 15) is 4.39 Å². The van der Waals surface area contributed by atoms with E-state index in [1.54, 1.807) is 31.1 Å². The average molecular weight is 446 g/mol. The maximum absolute atomic E-state index is 14.1. The molecule has 0 saturated heterocycles. The highest BCUT2D eigenvalue weighted by molar-refractivity contribution is 7.99. The Morgan fingerprint density at radius 2 is 2.00 bits per heavy atom. The lowest BCUT2D eigenvalue weighted by Gasteiger charge is -2.17. The second-order valence-electron chi connectivity index (χ2n) is 7.64. The van der Waals surface area contributed by atoms with E-state index in [0.717, 1.165) is 41.3 Å². The summed E-state index contributed by atoms with van der Waals surface area (Å²) in [6, 6.07) is 12.1. The number of nitrogens with zero attached hydrogens (tertiary/aromatic N) is 3. The summed E-state index contributed by atoms with van der Waals surface area (Å²) >= 11 is 7.80. The van der Waals surface area contributed by atoms with Crippen molar-refractivity contribution in [2.75, 3.05) is 33.0 Å². The van der Waals surface area contributed by atoms with Crippen molar-refractivity contribution in [3.63, 3.8) is 0 Å². The molecule has 2 aromatic carbocycles. The van der Waals surface area contributed by atoms with Gasteiger partial charge in [0.2, 0.25) is 0 Å². The van der Waals surface area contributed by atoms with E-state index >= 15 is 0 Å². The number of ether oxygens (including phenoxy) is 1. The highest BCUT2D eigenvalue weighted by Crippen LogP contribution is 2.36. The molecule has 1 fully saturated rings. The van der Waals surface area contributed by atoms with Crippen molar-refractivity contribution >= 4 is 23.4 Å². The predicted molar refractivity (Wildman–Crippen MR) is 121 cm³/mol. The fraction of sp³-hybridized carbons (Fsp3) is 0.348. The number of rotatable bonds is 9. The summed E-state index contributed by atoms with van der Waals surface area (Å²) in [5.74, 6) is 2.09. The topological polar surface area (TPSA) is 30.3 Å². The first-order valence-corrected chi connectivity index (χ1v) is 11.4. The van der Waals surface area contributed by atoms with Crippen LogP contribution in [0.2, 0.25) is 5.02 Å². The van der Waals surface area contributed by atoms with Gasteiger partial charge in [0.15, 0.2) is 5.16 Å². The summed E-state index contributed by atoms with van der Waals surface area (Å²) < 4.78 is 21.6. The fourth-order valence-corrected chi connectivity index (χ4v) is 4.64. The largest absolute Gasteiger partial charge is 0.496 e. The quantitative estimate of drug-likeness (QED) is 0.391. The summed E-state index contributed by atoms with van der Waals surface area (Å²) in [5.41, 5.74) is 2.37. The second-order valence-corrected chi connectivity index (χ2v) is 9.14. The van der Waals surface area contributed by atoms with Crippen LogP contribution < -0.4 is 4.74 Å². The van der Waals surface area contributed by atoms with Crippen LogP contribution in [0, 0.1) is 11.7 Å². The molecular weight excluding hydrogens is 421 g/mol. The molecule has 0 aliphatic heterocycles. The number of hydrogen-bond donors (Lipinski definition) is 0. The van der Waals surface area contributed by atoms with Gasteiger partial charge in [0, 0.05) is 35.1 Å². The molecule has 0 N–H and O–H groups in total. The highest BCUT2D eigenvalue weighted by Gasteiger charge is 2.23. The molecule has 0 unspecified atom stereocenters. The molecular formula is C23H25ClFN3OS. The number of benzene rings is 2. The number of aromatic nitrogens is 2. The minimum Gasteiger partial charge on any atom is -0.496 e. The molecule has 0 bridgehead atoms. The molecule has 158 valence electrons. The van der Waals surface area contributed by atoms with E-state index in [1.165, 1.54) is 25.0 Å². The minimum atomic E-state index is -0.314. The SMILES string of the molecule is COc1ccc(F)cc1-c1cnc(SCCN(C)CC2CC2)n1-c1ccc(Cl)cc1. The van der Waals surface area contributed by atoms with Gasteiger partial charge in [-0.1, -0.05) is 23.4 Å². The van der Waals surface area contributed by atoms with Crippen LogP contribution in [0.1, 0.15) is 12.8 Å². The van der Waals surface area contributed by atoms with Crippen molar-refractivity contribution in [1.29, 1.82) is 0 Å². The molecule has 1 heterocycles. The number of halogens is 2. The molecule has 1 saturated carbocycles. The Morgan fingerprint density at radius 1 is 1.23 bits per heavy atom. The zero-order valence-corrected chi connectivity index (χ0v) is 18.7. The van der Waals surface area contributed by atoms with E-state index in [0.29, 0.717) is 16.3 Å². The molecule has 0 amide bonds. The summed E-state index contributed by atoms with van der Waals surface area (Å²) in [6.07, 6.45) is 4.50. The maximum Gasteiger partial charge on any atom is 0.173 e. The molecule has 7 heteroatoms. The van der Waals surface area contributed by atoms with Gasteiger partial charge in [0.25, 0.3) is 0 Å². The fourth-order valence-electron chi connectivity index (χ4n) is 3.47. The van der Waals surface area contributed by atoms with Gasteiger partial charge in [-0.3, -0.25) is 4.57 Å². The van der Waals surface area contributed by atoms with Gasteiger partial charge in [0.05, 0.1) is 19.0 Å². The Bertz CT molecular complexity index is 1000. The van der Waals surface area contributed by atoms with Crippen molar-refractivity contribution < 1.29 is 9.13 Å². The molecule has 0 atom stereocenters. The Hall–Kier alpha value is -2.02. The van der Waals surface area contributed by atoms with Crippen LogP contribution in [0.25, 0.3) is 16.9 Å². The third-order valence-electron chi connectivity index (χ3n) is 5.22. The van der Waals surface area contributed by atoms with Gasteiger partial charge < -0.3 is 9.64 Å². The first-order chi connectivity index (χ1) is 14.5. The third-order valence-corrected chi connectivity index (χ3v) is 6.41. The normalized spacial score (nSPS) is 13.8. The van der Waals surface area contributed by atoms with Crippen LogP contribution in [0.3, 0.4) is 0 Å². The second kappa shape index (κ2) is 9.41. The lowest BCUT2D eigenvalue weighted by molar-refractivity contribution is 0.340. The Labute approximate surface area is 186 Å². The molecule has 4 rings (SSSR count). The Kier molecular flexibility index (Phi) is 6.66. The summed E-state index contributed by atoms with van der Waals surface area (Å²) in [7, 11) is 3.76. The molecule has 0 spiro atoms. The monoisotopic (exact) mass is 445 g/mol. The van der Waals surface area contributed by atoms with Crippen molar-refractivity contribution in [2.24, 2.45) is 5.92 Å². The zero-order chi connectivity index (χ0) is 21.1. The van der Waals surface area contributed by atoms with Gasteiger partial charge in [-0.05, 0) is 68.3 Å². The molecule has 4 nitrogen and oxygen atoms in total. The van der Waals surface area contributed by atoms with E-state index < -0.39 is 0 Å².